The normalized spacial score (nSPS) is 10.5. The molecule has 0 aliphatic carbocycles. The van der Waals surface area contributed by atoms with Gasteiger partial charge in [0.05, 0.1) is 13.2 Å². The van der Waals surface area contributed by atoms with Crippen molar-refractivity contribution in [3.8, 4) is 16.9 Å². The maximum absolute atomic E-state index is 12.8. The number of hydrogen-bond donors (Lipinski definition) is 1. The van der Waals surface area contributed by atoms with Crippen molar-refractivity contribution in [2.24, 2.45) is 0 Å². The lowest BCUT2D eigenvalue weighted by Gasteiger charge is -2.10. The van der Waals surface area contributed by atoms with Crippen molar-refractivity contribution >= 4 is 28.2 Å². The van der Waals surface area contributed by atoms with Crippen molar-refractivity contribution < 1.29 is 19.1 Å². The Balaban J connectivity index is 2.02. The van der Waals surface area contributed by atoms with Crippen LogP contribution in [0.4, 0.5) is 5.00 Å². The zero-order valence-electron chi connectivity index (χ0n) is 17.6. The Kier molecular flexibility index (Phi) is 6.90. The molecule has 0 unspecified atom stereocenters. The van der Waals surface area contributed by atoms with Gasteiger partial charge < -0.3 is 14.8 Å². The number of esters is 1. The van der Waals surface area contributed by atoms with Gasteiger partial charge in [0.2, 0.25) is 0 Å². The van der Waals surface area contributed by atoms with Crippen LogP contribution in [-0.4, -0.2) is 25.1 Å². The Bertz CT molecular complexity index is 1050. The summed E-state index contributed by atoms with van der Waals surface area (Å²) in [6.45, 7) is 8.39. The molecule has 0 spiro atoms. The number of hydrogen-bond acceptors (Lipinski definition) is 5. The highest BCUT2D eigenvalue weighted by Crippen LogP contribution is 2.41. The van der Waals surface area contributed by atoms with Gasteiger partial charge in [0.15, 0.2) is 0 Å². The molecule has 5 nitrogen and oxygen atoms in total. The van der Waals surface area contributed by atoms with Gasteiger partial charge in [-0.1, -0.05) is 29.8 Å². The van der Waals surface area contributed by atoms with E-state index in [0.29, 0.717) is 22.7 Å². The molecular formula is C24H25NO4S. The third-order valence-corrected chi connectivity index (χ3v) is 5.55. The largest absolute Gasteiger partial charge is 0.494 e. The molecule has 1 heterocycles. The summed E-state index contributed by atoms with van der Waals surface area (Å²) in [5, 5.41) is 3.40. The van der Waals surface area contributed by atoms with Gasteiger partial charge in [-0.15, -0.1) is 11.3 Å². The monoisotopic (exact) mass is 423 g/mol. The Morgan fingerprint density at radius 3 is 2.37 bits per heavy atom. The molecule has 0 atom stereocenters. The smallest absolute Gasteiger partial charge is 0.341 e. The predicted molar refractivity (Wildman–Crippen MR) is 121 cm³/mol. The molecule has 0 aliphatic heterocycles. The first-order chi connectivity index (χ1) is 14.4. The average Bonchev–Trinajstić information content (AvgIpc) is 3.04. The third-order valence-electron chi connectivity index (χ3n) is 4.53. The van der Waals surface area contributed by atoms with Crippen LogP contribution in [0.15, 0.2) is 48.5 Å². The lowest BCUT2D eigenvalue weighted by atomic mass is 10.0. The lowest BCUT2D eigenvalue weighted by Crippen LogP contribution is -2.15. The molecule has 0 aliphatic rings. The molecular weight excluding hydrogens is 398 g/mol. The topological polar surface area (TPSA) is 64.6 Å². The molecule has 6 heteroatoms. The van der Waals surface area contributed by atoms with E-state index >= 15 is 0 Å². The second kappa shape index (κ2) is 9.59. The summed E-state index contributed by atoms with van der Waals surface area (Å²) < 4.78 is 10.8. The fraction of sp³-hybridized carbons (Fsp3) is 0.250. The van der Waals surface area contributed by atoms with E-state index < -0.39 is 5.97 Å². The predicted octanol–water partition coefficient (Wildman–Crippen LogP) is 5.86. The molecule has 1 N–H and O–H groups in total. The Labute approximate surface area is 180 Å². The van der Waals surface area contributed by atoms with Gasteiger partial charge >= 0.3 is 5.97 Å². The zero-order chi connectivity index (χ0) is 21.7. The Morgan fingerprint density at radius 1 is 1.00 bits per heavy atom. The molecule has 3 aromatic rings. The van der Waals surface area contributed by atoms with E-state index in [0.717, 1.165) is 27.3 Å². The standard InChI is InChI=1S/C24H25NO4S/c1-5-28-19-12-10-17(11-13-19)20-16(4)30-23(21(20)24(27)29-6-2)25-22(26)18-9-7-8-15(3)14-18/h7-14H,5-6H2,1-4H3,(H,25,26). The summed E-state index contributed by atoms with van der Waals surface area (Å²) in [4.78, 5) is 26.5. The van der Waals surface area contributed by atoms with Crippen molar-refractivity contribution in [2.45, 2.75) is 27.7 Å². The third kappa shape index (κ3) is 4.71. The molecule has 2 aromatic carbocycles. The van der Waals surface area contributed by atoms with Crippen LogP contribution in [0.1, 0.15) is 45.0 Å². The first-order valence-corrected chi connectivity index (χ1v) is 10.7. The lowest BCUT2D eigenvalue weighted by molar-refractivity contribution is 0.0529. The molecule has 0 fully saturated rings. The molecule has 0 saturated heterocycles. The maximum atomic E-state index is 12.8. The number of rotatable bonds is 7. The number of thiophene rings is 1. The first-order valence-electron chi connectivity index (χ1n) is 9.86. The minimum Gasteiger partial charge on any atom is -0.494 e. The van der Waals surface area contributed by atoms with Crippen LogP contribution in [0.25, 0.3) is 11.1 Å². The molecule has 1 aromatic heterocycles. The first kappa shape index (κ1) is 21.6. The van der Waals surface area contributed by atoms with Crippen LogP contribution in [0, 0.1) is 13.8 Å². The van der Waals surface area contributed by atoms with E-state index in [1.54, 1.807) is 13.0 Å². The molecule has 0 saturated carbocycles. The quantitative estimate of drug-likeness (QED) is 0.484. The van der Waals surface area contributed by atoms with Gasteiger partial charge in [-0.2, -0.15) is 0 Å². The van der Waals surface area contributed by atoms with E-state index in [4.69, 9.17) is 9.47 Å². The zero-order valence-corrected chi connectivity index (χ0v) is 18.4. The van der Waals surface area contributed by atoms with Gasteiger partial charge in [-0.3, -0.25) is 4.79 Å². The fourth-order valence-corrected chi connectivity index (χ4v) is 4.28. The summed E-state index contributed by atoms with van der Waals surface area (Å²) in [7, 11) is 0. The van der Waals surface area contributed by atoms with Crippen LogP contribution >= 0.6 is 11.3 Å². The molecule has 1 amide bonds. The number of amides is 1. The van der Waals surface area contributed by atoms with Crippen LogP contribution < -0.4 is 10.1 Å². The van der Waals surface area contributed by atoms with Crippen LogP contribution in [0.5, 0.6) is 5.75 Å². The van der Waals surface area contributed by atoms with E-state index in [-0.39, 0.29) is 12.5 Å². The molecule has 0 radical (unpaired) electrons. The minimum absolute atomic E-state index is 0.252. The summed E-state index contributed by atoms with van der Waals surface area (Å²) >= 11 is 1.37. The van der Waals surface area contributed by atoms with Crippen molar-refractivity contribution in [3.63, 3.8) is 0 Å². The van der Waals surface area contributed by atoms with Gasteiger partial charge in [0, 0.05) is 16.0 Å². The summed E-state index contributed by atoms with van der Waals surface area (Å²) in [6, 6.07) is 14.9. The van der Waals surface area contributed by atoms with Gasteiger partial charge in [-0.05, 0) is 57.5 Å². The van der Waals surface area contributed by atoms with Crippen molar-refractivity contribution in [1.29, 1.82) is 0 Å². The second-order valence-electron chi connectivity index (χ2n) is 6.74. The maximum Gasteiger partial charge on any atom is 0.341 e. The van der Waals surface area contributed by atoms with Crippen molar-refractivity contribution in [1.82, 2.24) is 0 Å². The summed E-state index contributed by atoms with van der Waals surface area (Å²) in [5.74, 6) is 0.0498. The van der Waals surface area contributed by atoms with Crippen LogP contribution in [0.2, 0.25) is 0 Å². The number of nitrogens with one attached hydrogen (secondary N) is 1. The SMILES string of the molecule is CCOC(=O)c1c(NC(=O)c2cccc(C)c2)sc(C)c1-c1ccc(OCC)cc1. The molecule has 0 bridgehead atoms. The van der Waals surface area contributed by atoms with E-state index in [1.165, 1.54) is 11.3 Å². The Morgan fingerprint density at radius 2 is 1.73 bits per heavy atom. The highest BCUT2D eigenvalue weighted by Gasteiger charge is 2.25. The van der Waals surface area contributed by atoms with Crippen molar-refractivity contribution in [3.05, 3.63) is 70.1 Å². The molecule has 3 rings (SSSR count). The highest BCUT2D eigenvalue weighted by atomic mass is 32.1. The fourth-order valence-electron chi connectivity index (χ4n) is 3.22. The number of carbonyl (C=O) groups excluding carboxylic acids is 2. The van der Waals surface area contributed by atoms with E-state index in [9.17, 15) is 9.59 Å². The number of anilines is 1. The Hall–Kier alpha value is -3.12. The van der Waals surface area contributed by atoms with Crippen LogP contribution in [0.3, 0.4) is 0 Å². The van der Waals surface area contributed by atoms with E-state index in [2.05, 4.69) is 5.32 Å². The highest BCUT2D eigenvalue weighted by molar-refractivity contribution is 7.17. The van der Waals surface area contributed by atoms with Crippen LogP contribution in [-0.2, 0) is 4.74 Å². The molecule has 30 heavy (non-hydrogen) atoms. The van der Waals surface area contributed by atoms with Gasteiger partial charge in [0.25, 0.3) is 5.91 Å². The van der Waals surface area contributed by atoms with E-state index in [1.807, 2.05) is 63.2 Å². The van der Waals surface area contributed by atoms with Gasteiger partial charge in [0.1, 0.15) is 16.3 Å². The number of aryl methyl sites for hydroxylation is 2. The summed E-state index contributed by atoms with van der Waals surface area (Å²) in [6.07, 6.45) is 0. The van der Waals surface area contributed by atoms with Crippen molar-refractivity contribution in [2.75, 3.05) is 18.5 Å². The number of benzene rings is 2. The second-order valence-corrected chi connectivity index (χ2v) is 7.96. The summed E-state index contributed by atoms with van der Waals surface area (Å²) in [5.41, 5.74) is 3.54. The average molecular weight is 424 g/mol. The molecule has 156 valence electrons. The van der Waals surface area contributed by atoms with Gasteiger partial charge in [-0.25, -0.2) is 4.79 Å². The number of carbonyl (C=O) groups is 2. The number of ether oxygens (including phenoxy) is 2. The minimum atomic E-state index is -0.453.